The molecule has 0 radical (unpaired) electrons. The fraction of sp³-hybridized carbons (Fsp3) is 0.235. The number of anilines is 1. The molecule has 4 rings (SSSR count). The normalized spacial score (nSPS) is 13.7. The highest BCUT2D eigenvalue weighted by atomic mass is 16.7. The average Bonchev–Trinajstić information content (AvgIpc) is 3.25. The summed E-state index contributed by atoms with van der Waals surface area (Å²) < 4.78 is 21.1. The molecule has 1 amide bonds. The Morgan fingerprint density at radius 2 is 1.54 bits per heavy atom. The van der Waals surface area contributed by atoms with Crippen molar-refractivity contribution >= 4 is 11.6 Å². The number of rotatable bonds is 5. The Bertz CT molecular complexity index is 714. The second-order valence-electron chi connectivity index (χ2n) is 5.39. The molecule has 0 bridgehead atoms. The number of amides is 1. The fourth-order valence-electron chi connectivity index (χ4n) is 2.50. The third-order valence-electron chi connectivity index (χ3n) is 3.75. The Morgan fingerprint density at radius 1 is 0.875 bits per heavy atom. The molecule has 2 aromatic carbocycles. The van der Waals surface area contributed by atoms with E-state index in [1.807, 2.05) is 36.4 Å². The Labute approximate surface area is 138 Å². The largest absolute Gasteiger partial charge is 0.454 e. The molecule has 0 spiro atoms. The molecule has 0 saturated heterocycles. The average molecular weight is 328 g/mol. The number of benzene rings is 2. The maximum Gasteiger partial charge on any atom is 0.239 e. The zero-order valence-corrected chi connectivity index (χ0v) is 12.8. The quantitative estimate of drug-likeness (QED) is 0.872. The topological polar surface area (TPSA) is 78.1 Å². The van der Waals surface area contributed by atoms with Crippen LogP contribution < -0.4 is 29.6 Å². The van der Waals surface area contributed by atoms with E-state index in [0.29, 0.717) is 23.8 Å². The minimum Gasteiger partial charge on any atom is -0.454 e. The summed E-state index contributed by atoms with van der Waals surface area (Å²) in [5, 5.41) is 5.92. The maximum atomic E-state index is 12.0. The molecule has 124 valence electrons. The number of carbonyl (C=O) groups excluding carboxylic acids is 1. The molecule has 0 unspecified atom stereocenters. The van der Waals surface area contributed by atoms with Crippen LogP contribution in [0.25, 0.3) is 0 Å². The molecular formula is C17H16N2O5. The van der Waals surface area contributed by atoms with Crippen LogP contribution in [0.4, 0.5) is 5.69 Å². The zero-order chi connectivity index (χ0) is 16.4. The van der Waals surface area contributed by atoms with Gasteiger partial charge in [-0.05, 0) is 29.8 Å². The Morgan fingerprint density at radius 3 is 2.33 bits per heavy atom. The van der Waals surface area contributed by atoms with Gasteiger partial charge in [0.2, 0.25) is 19.5 Å². The summed E-state index contributed by atoms with van der Waals surface area (Å²) in [7, 11) is 0. The SMILES string of the molecule is O=C(CNc1ccc2c(c1)OCO2)NCc1ccc2c(c1)OCO2. The van der Waals surface area contributed by atoms with Crippen molar-refractivity contribution in [1.82, 2.24) is 5.32 Å². The highest BCUT2D eigenvalue weighted by Crippen LogP contribution is 2.34. The van der Waals surface area contributed by atoms with Gasteiger partial charge in [0.25, 0.3) is 0 Å². The lowest BCUT2D eigenvalue weighted by molar-refractivity contribution is -0.119. The predicted octanol–water partition coefficient (Wildman–Crippen LogP) is 1.87. The van der Waals surface area contributed by atoms with Crippen molar-refractivity contribution in [2.45, 2.75) is 6.54 Å². The van der Waals surface area contributed by atoms with Crippen molar-refractivity contribution in [3.8, 4) is 23.0 Å². The molecule has 2 N–H and O–H groups in total. The second kappa shape index (κ2) is 6.19. The number of carbonyl (C=O) groups is 1. The standard InChI is InChI=1S/C17H16N2O5/c20-17(8-18-12-2-4-14-16(6-12)24-10-22-14)19-7-11-1-3-13-15(5-11)23-9-21-13/h1-6,18H,7-10H2,(H,19,20). The van der Waals surface area contributed by atoms with Gasteiger partial charge in [-0.25, -0.2) is 0 Å². The summed E-state index contributed by atoms with van der Waals surface area (Å²) in [6.07, 6.45) is 0. The first-order chi connectivity index (χ1) is 11.8. The third-order valence-corrected chi connectivity index (χ3v) is 3.75. The van der Waals surface area contributed by atoms with E-state index in [9.17, 15) is 4.79 Å². The van der Waals surface area contributed by atoms with Gasteiger partial charge < -0.3 is 29.6 Å². The summed E-state index contributed by atoms with van der Waals surface area (Å²) in [6, 6.07) is 11.1. The number of ether oxygens (including phenoxy) is 4. The van der Waals surface area contributed by atoms with E-state index in [4.69, 9.17) is 18.9 Å². The smallest absolute Gasteiger partial charge is 0.239 e. The van der Waals surface area contributed by atoms with Gasteiger partial charge in [0.05, 0.1) is 6.54 Å². The molecule has 24 heavy (non-hydrogen) atoms. The van der Waals surface area contributed by atoms with Crippen molar-refractivity contribution < 1.29 is 23.7 Å². The minimum absolute atomic E-state index is 0.106. The summed E-state index contributed by atoms with van der Waals surface area (Å²) >= 11 is 0. The first-order valence-electron chi connectivity index (χ1n) is 7.57. The predicted molar refractivity (Wildman–Crippen MR) is 85.5 cm³/mol. The van der Waals surface area contributed by atoms with Crippen LogP contribution in [0.2, 0.25) is 0 Å². The lowest BCUT2D eigenvalue weighted by Crippen LogP contribution is -2.29. The van der Waals surface area contributed by atoms with Gasteiger partial charge in [0, 0.05) is 18.3 Å². The first-order valence-corrected chi connectivity index (χ1v) is 7.57. The molecule has 2 aromatic rings. The fourth-order valence-corrected chi connectivity index (χ4v) is 2.50. The second-order valence-corrected chi connectivity index (χ2v) is 5.39. The molecule has 0 aliphatic carbocycles. The summed E-state index contributed by atoms with van der Waals surface area (Å²) in [5.74, 6) is 2.73. The molecule has 7 nitrogen and oxygen atoms in total. The van der Waals surface area contributed by atoms with E-state index >= 15 is 0 Å². The number of fused-ring (bicyclic) bond motifs is 2. The van der Waals surface area contributed by atoms with Crippen LogP contribution in [-0.2, 0) is 11.3 Å². The Hall–Kier alpha value is -3.09. The highest BCUT2D eigenvalue weighted by Gasteiger charge is 2.14. The molecule has 0 saturated carbocycles. The van der Waals surface area contributed by atoms with Crippen molar-refractivity contribution in [2.75, 3.05) is 25.4 Å². The zero-order valence-electron chi connectivity index (χ0n) is 12.8. The van der Waals surface area contributed by atoms with Gasteiger partial charge in [0.15, 0.2) is 23.0 Å². The Balaban J connectivity index is 1.28. The van der Waals surface area contributed by atoms with E-state index in [1.54, 1.807) is 0 Å². The van der Waals surface area contributed by atoms with Crippen LogP contribution in [0.3, 0.4) is 0 Å². The van der Waals surface area contributed by atoms with Gasteiger partial charge in [-0.2, -0.15) is 0 Å². The molecule has 2 aliphatic heterocycles. The summed E-state index contributed by atoms with van der Waals surface area (Å²) in [6.45, 7) is 1.07. The molecule has 2 aliphatic rings. The summed E-state index contributed by atoms with van der Waals surface area (Å²) in [4.78, 5) is 12.0. The van der Waals surface area contributed by atoms with Gasteiger partial charge in [-0.3, -0.25) is 4.79 Å². The highest BCUT2D eigenvalue weighted by molar-refractivity contribution is 5.80. The van der Waals surface area contributed by atoms with Crippen molar-refractivity contribution in [2.24, 2.45) is 0 Å². The van der Waals surface area contributed by atoms with Crippen molar-refractivity contribution in [3.63, 3.8) is 0 Å². The van der Waals surface area contributed by atoms with E-state index in [2.05, 4.69) is 10.6 Å². The van der Waals surface area contributed by atoms with Crippen LogP contribution in [-0.4, -0.2) is 26.0 Å². The van der Waals surface area contributed by atoms with E-state index in [0.717, 1.165) is 17.0 Å². The molecule has 2 heterocycles. The number of hydrogen-bond acceptors (Lipinski definition) is 6. The van der Waals surface area contributed by atoms with Crippen molar-refractivity contribution in [3.05, 3.63) is 42.0 Å². The summed E-state index contributed by atoms with van der Waals surface area (Å²) in [5.41, 5.74) is 1.76. The van der Waals surface area contributed by atoms with Crippen LogP contribution in [0.1, 0.15) is 5.56 Å². The third kappa shape index (κ3) is 3.01. The monoisotopic (exact) mass is 328 g/mol. The van der Waals surface area contributed by atoms with Gasteiger partial charge in [0.1, 0.15) is 0 Å². The van der Waals surface area contributed by atoms with E-state index in [1.165, 1.54) is 0 Å². The number of nitrogens with one attached hydrogen (secondary N) is 2. The molecular weight excluding hydrogens is 312 g/mol. The Kier molecular flexibility index (Phi) is 3.74. The molecule has 0 atom stereocenters. The van der Waals surface area contributed by atoms with Gasteiger partial charge in [-0.1, -0.05) is 6.07 Å². The lowest BCUT2D eigenvalue weighted by Gasteiger charge is -2.09. The van der Waals surface area contributed by atoms with Gasteiger partial charge in [-0.15, -0.1) is 0 Å². The molecule has 7 heteroatoms. The lowest BCUT2D eigenvalue weighted by atomic mass is 10.2. The molecule has 0 aromatic heterocycles. The van der Waals surface area contributed by atoms with E-state index < -0.39 is 0 Å². The van der Waals surface area contributed by atoms with Crippen molar-refractivity contribution in [1.29, 1.82) is 0 Å². The van der Waals surface area contributed by atoms with E-state index in [-0.39, 0.29) is 26.0 Å². The minimum atomic E-state index is -0.106. The maximum absolute atomic E-state index is 12.0. The first kappa shape index (κ1) is 14.5. The number of hydrogen-bond donors (Lipinski definition) is 2. The van der Waals surface area contributed by atoms with Crippen LogP contribution in [0, 0.1) is 0 Å². The van der Waals surface area contributed by atoms with Crippen LogP contribution in [0.5, 0.6) is 23.0 Å². The van der Waals surface area contributed by atoms with Crippen LogP contribution >= 0.6 is 0 Å². The molecule has 0 fully saturated rings. The van der Waals surface area contributed by atoms with Crippen LogP contribution in [0.15, 0.2) is 36.4 Å². The van der Waals surface area contributed by atoms with Gasteiger partial charge >= 0.3 is 0 Å².